The summed E-state index contributed by atoms with van der Waals surface area (Å²) in [5, 5.41) is 6.16. The first-order valence-corrected chi connectivity index (χ1v) is 6.49. The number of nitrogens with zero attached hydrogens (tertiary/aromatic N) is 1. The van der Waals surface area contributed by atoms with Crippen LogP contribution in [0.4, 0.5) is 5.69 Å². The number of anilines is 1. The van der Waals surface area contributed by atoms with Gasteiger partial charge in [0.1, 0.15) is 6.04 Å². The minimum Gasteiger partial charge on any atom is -0.358 e. The van der Waals surface area contributed by atoms with Crippen molar-refractivity contribution in [3.05, 3.63) is 30.3 Å². The molecule has 18 heavy (non-hydrogen) atoms. The van der Waals surface area contributed by atoms with Crippen molar-refractivity contribution in [2.75, 3.05) is 25.0 Å². The topological polar surface area (TPSA) is 44.4 Å². The number of hydrogen-bond acceptors (Lipinski definition) is 3. The molecule has 4 nitrogen and oxygen atoms in total. The first kappa shape index (κ1) is 12.9. The summed E-state index contributed by atoms with van der Waals surface area (Å²) in [7, 11) is 1.88. The Hall–Kier alpha value is -1.55. The van der Waals surface area contributed by atoms with Gasteiger partial charge >= 0.3 is 0 Å². The average Bonchev–Trinajstić information content (AvgIpc) is 2.51. The standard InChI is InChI=1S/C14H21N3O/c1-11-8-9-17(12-6-4-3-5-7-12)13(10-15-2)14(18)16-11/h3-7,11,13,15H,8-10H2,1-2H3,(H,16,18). The Morgan fingerprint density at radius 3 is 2.78 bits per heavy atom. The van der Waals surface area contributed by atoms with E-state index in [4.69, 9.17) is 0 Å². The molecule has 1 heterocycles. The van der Waals surface area contributed by atoms with Gasteiger partial charge in [-0.3, -0.25) is 4.79 Å². The average molecular weight is 247 g/mol. The second kappa shape index (κ2) is 5.87. The SMILES string of the molecule is CNCC1C(=O)NC(C)CCN1c1ccccc1. The molecule has 0 saturated carbocycles. The highest BCUT2D eigenvalue weighted by molar-refractivity contribution is 5.86. The normalized spacial score (nSPS) is 24.6. The first-order chi connectivity index (χ1) is 8.72. The molecule has 2 N–H and O–H groups in total. The van der Waals surface area contributed by atoms with Gasteiger partial charge in [-0.15, -0.1) is 0 Å². The first-order valence-electron chi connectivity index (χ1n) is 6.49. The van der Waals surface area contributed by atoms with E-state index in [1.165, 1.54) is 0 Å². The van der Waals surface area contributed by atoms with Gasteiger partial charge in [0.2, 0.25) is 5.91 Å². The number of carbonyl (C=O) groups excluding carboxylic acids is 1. The number of benzene rings is 1. The summed E-state index contributed by atoms with van der Waals surface area (Å²) in [6.07, 6.45) is 0.973. The highest BCUT2D eigenvalue weighted by atomic mass is 16.2. The van der Waals surface area contributed by atoms with Crippen molar-refractivity contribution in [3.63, 3.8) is 0 Å². The number of nitrogens with one attached hydrogen (secondary N) is 2. The summed E-state index contributed by atoms with van der Waals surface area (Å²) >= 11 is 0. The third-order valence-electron chi connectivity index (χ3n) is 3.36. The fourth-order valence-electron chi connectivity index (χ4n) is 2.37. The van der Waals surface area contributed by atoms with Crippen LogP contribution in [-0.4, -0.2) is 38.1 Å². The van der Waals surface area contributed by atoms with Crippen LogP contribution in [0.25, 0.3) is 0 Å². The van der Waals surface area contributed by atoms with Crippen molar-refractivity contribution in [2.45, 2.75) is 25.4 Å². The van der Waals surface area contributed by atoms with E-state index in [1.54, 1.807) is 0 Å². The Bertz CT molecular complexity index is 393. The summed E-state index contributed by atoms with van der Waals surface area (Å²) in [6.45, 7) is 3.62. The molecule has 1 aliphatic rings. The molecule has 0 bridgehead atoms. The van der Waals surface area contributed by atoms with Crippen molar-refractivity contribution in [2.24, 2.45) is 0 Å². The summed E-state index contributed by atoms with van der Waals surface area (Å²) in [6, 6.07) is 10.2. The van der Waals surface area contributed by atoms with Crippen LogP contribution in [0, 0.1) is 0 Å². The van der Waals surface area contributed by atoms with E-state index in [0.717, 1.165) is 18.7 Å². The van der Waals surface area contributed by atoms with Gasteiger partial charge in [-0.1, -0.05) is 18.2 Å². The lowest BCUT2D eigenvalue weighted by molar-refractivity contribution is -0.122. The van der Waals surface area contributed by atoms with Crippen LogP contribution < -0.4 is 15.5 Å². The fraction of sp³-hybridized carbons (Fsp3) is 0.500. The minimum absolute atomic E-state index is 0.109. The van der Waals surface area contributed by atoms with E-state index in [1.807, 2.05) is 25.2 Å². The van der Waals surface area contributed by atoms with E-state index in [0.29, 0.717) is 6.54 Å². The Labute approximate surface area is 108 Å². The van der Waals surface area contributed by atoms with Crippen molar-refractivity contribution in [3.8, 4) is 0 Å². The van der Waals surface area contributed by atoms with E-state index in [-0.39, 0.29) is 18.0 Å². The van der Waals surface area contributed by atoms with Crippen molar-refractivity contribution >= 4 is 11.6 Å². The van der Waals surface area contributed by atoms with E-state index in [2.05, 4.69) is 34.6 Å². The molecule has 2 atom stereocenters. The molecule has 1 aromatic rings. The highest BCUT2D eigenvalue weighted by Crippen LogP contribution is 2.19. The molecule has 0 aliphatic carbocycles. The molecule has 2 rings (SSSR count). The second-order valence-corrected chi connectivity index (χ2v) is 4.80. The van der Waals surface area contributed by atoms with E-state index >= 15 is 0 Å². The summed E-state index contributed by atoms with van der Waals surface area (Å²) in [4.78, 5) is 14.4. The number of carbonyl (C=O) groups is 1. The zero-order valence-corrected chi connectivity index (χ0v) is 11.0. The van der Waals surface area contributed by atoms with Gasteiger partial charge in [0, 0.05) is 24.8 Å². The largest absolute Gasteiger partial charge is 0.358 e. The number of likely N-dealkylation sites (N-methyl/N-ethyl adjacent to an activating group) is 1. The number of rotatable bonds is 3. The van der Waals surface area contributed by atoms with Crippen LogP contribution >= 0.6 is 0 Å². The van der Waals surface area contributed by atoms with Crippen molar-refractivity contribution in [1.82, 2.24) is 10.6 Å². The summed E-state index contributed by atoms with van der Waals surface area (Å²) in [5.74, 6) is 0.109. The Balaban J connectivity index is 2.26. The lowest BCUT2D eigenvalue weighted by Gasteiger charge is -2.30. The molecular formula is C14H21N3O. The van der Waals surface area contributed by atoms with Gasteiger partial charge in [-0.25, -0.2) is 0 Å². The third kappa shape index (κ3) is 2.82. The number of amides is 1. The van der Waals surface area contributed by atoms with Gasteiger partial charge in [0.25, 0.3) is 0 Å². The lowest BCUT2D eigenvalue weighted by atomic mass is 10.2. The van der Waals surface area contributed by atoms with Gasteiger partial charge in [0.15, 0.2) is 0 Å². The number of para-hydroxylation sites is 1. The van der Waals surface area contributed by atoms with Crippen LogP contribution in [0.3, 0.4) is 0 Å². The van der Waals surface area contributed by atoms with Crippen LogP contribution in [0.2, 0.25) is 0 Å². The molecule has 0 aromatic heterocycles. The zero-order chi connectivity index (χ0) is 13.0. The van der Waals surface area contributed by atoms with Crippen LogP contribution in [0.1, 0.15) is 13.3 Å². The highest BCUT2D eigenvalue weighted by Gasteiger charge is 2.29. The van der Waals surface area contributed by atoms with Crippen LogP contribution in [0.15, 0.2) is 30.3 Å². The lowest BCUT2D eigenvalue weighted by Crippen LogP contribution is -2.50. The Kier molecular flexibility index (Phi) is 4.20. The van der Waals surface area contributed by atoms with Crippen molar-refractivity contribution in [1.29, 1.82) is 0 Å². The molecule has 1 aliphatic heterocycles. The van der Waals surface area contributed by atoms with Gasteiger partial charge in [-0.2, -0.15) is 0 Å². The molecule has 1 saturated heterocycles. The molecule has 2 unspecified atom stereocenters. The maximum absolute atomic E-state index is 12.2. The van der Waals surface area contributed by atoms with E-state index in [9.17, 15) is 4.79 Å². The molecule has 98 valence electrons. The smallest absolute Gasteiger partial charge is 0.244 e. The van der Waals surface area contributed by atoms with Gasteiger partial charge in [0.05, 0.1) is 0 Å². The van der Waals surface area contributed by atoms with E-state index < -0.39 is 0 Å². The molecule has 0 radical (unpaired) electrons. The Morgan fingerprint density at radius 2 is 2.11 bits per heavy atom. The van der Waals surface area contributed by atoms with Gasteiger partial charge in [-0.05, 0) is 32.5 Å². The zero-order valence-electron chi connectivity index (χ0n) is 11.0. The maximum Gasteiger partial charge on any atom is 0.244 e. The van der Waals surface area contributed by atoms with Crippen LogP contribution in [-0.2, 0) is 4.79 Å². The summed E-state index contributed by atoms with van der Waals surface area (Å²) in [5.41, 5.74) is 1.11. The maximum atomic E-state index is 12.2. The molecule has 1 fully saturated rings. The fourth-order valence-corrected chi connectivity index (χ4v) is 2.37. The quantitative estimate of drug-likeness (QED) is 0.837. The number of hydrogen-bond donors (Lipinski definition) is 2. The predicted molar refractivity (Wildman–Crippen MR) is 73.7 cm³/mol. The molecule has 1 amide bonds. The monoisotopic (exact) mass is 247 g/mol. The molecular weight excluding hydrogens is 226 g/mol. The van der Waals surface area contributed by atoms with Gasteiger partial charge < -0.3 is 15.5 Å². The Morgan fingerprint density at radius 1 is 1.39 bits per heavy atom. The van der Waals surface area contributed by atoms with Crippen molar-refractivity contribution < 1.29 is 4.79 Å². The second-order valence-electron chi connectivity index (χ2n) is 4.80. The predicted octanol–water partition coefficient (Wildman–Crippen LogP) is 0.989. The minimum atomic E-state index is -0.137. The third-order valence-corrected chi connectivity index (χ3v) is 3.36. The molecule has 4 heteroatoms. The summed E-state index contributed by atoms with van der Waals surface area (Å²) < 4.78 is 0. The molecule has 1 aromatic carbocycles. The molecule has 0 spiro atoms. The van der Waals surface area contributed by atoms with Crippen LogP contribution in [0.5, 0.6) is 0 Å².